The number of benzene rings is 1. The average molecular weight is 262 g/mol. The van der Waals surface area contributed by atoms with Crippen LogP contribution in [0.5, 0.6) is 0 Å². The highest BCUT2D eigenvalue weighted by atomic mass is 16.2. The lowest BCUT2D eigenvalue weighted by Gasteiger charge is -2.18. The summed E-state index contributed by atoms with van der Waals surface area (Å²) in [5.74, 6) is 0.533. The van der Waals surface area contributed by atoms with E-state index in [9.17, 15) is 4.79 Å². The summed E-state index contributed by atoms with van der Waals surface area (Å²) in [6.07, 6.45) is 0.935. The second-order valence-electron chi connectivity index (χ2n) is 5.47. The van der Waals surface area contributed by atoms with Gasteiger partial charge < -0.3 is 10.6 Å². The highest BCUT2D eigenvalue weighted by Crippen LogP contribution is 2.18. The summed E-state index contributed by atoms with van der Waals surface area (Å²) < 4.78 is 0. The van der Waals surface area contributed by atoms with Crippen LogP contribution in [0.15, 0.2) is 24.3 Å². The smallest absolute Gasteiger partial charge is 0.315 e. The van der Waals surface area contributed by atoms with Gasteiger partial charge in [-0.25, -0.2) is 4.79 Å². The van der Waals surface area contributed by atoms with Crippen molar-refractivity contribution in [2.75, 3.05) is 0 Å². The van der Waals surface area contributed by atoms with E-state index in [0.29, 0.717) is 5.92 Å². The van der Waals surface area contributed by atoms with Gasteiger partial charge in [0, 0.05) is 6.04 Å². The molecule has 0 aliphatic carbocycles. The third kappa shape index (κ3) is 4.93. The maximum atomic E-state index is 11.7. The zero-order chi connectivity index (χ0) is 14.4. The number of amides is 2. The van der Waals surface area contributed by atoms with E-state index < -0.39 is 0 Å². The van der Waals surface area contributed by atoms with Gasteiger partial charge in [-0.2, -0.15) is 0 Å². The van der Waals surface area contributed by atoms with Gasteiger partial charge in [0.25, 0.3) is 0 Å². The SMILES string of the molecule is CC[C@@H](C)NC(=O)N[C@@H](C)c1ccc(C(C)C)cc1. The molecule has 2 N–H and O–H groups in total. The lowest BCUT2D eigenvalue weighted by molar-refractivity contribution is 0.234. The maximum Gasteiger partial charge on any atom is 0.315 e. The molecule has 19 heavy (non-hydrogen) atoms. The summed E-state index contributed by atoms with van der Waals surface area (Å²) in [6, 6.07) is 8.55. The van der Waals surface area contributed by atoms with Crippen LogP contribution in [0, 0.1) is 0 Å². The normalized spacial score (nSPS) is 14.0. The molecule has 1 aromatic rings. The number of nitrogens with one attached hydrogen (secondary N) is 2. The first-order valence-corrected chi connectivity index (χ1v) is 7.10. The fraction of sp³-hybridized carbons (Fsp3) is 0.562. The predicted molar refractivity (Wildman–Crippen MR) is 80.4 cm³/mol. The Morgan fingerprint density at radius 1 is 1.00 bits per heavy atom. The van der Waals surface area contributed by atoms with Crippen molar-refractivity contribution >= 4 is 6.03 Å². The molecule has 3 nitrogen and oxygen atoms in total. The van der Waals surface area contributed by atoms with Crippen molar-refractivity contribution in [2.45, 2.75) is 59.0 Å². The zero-order valence-electron chi connectivity index (χ0n) is 12.7. The molecule has 0 fully saturated rings. The summed E-state index contributed by atoms with van der Waals surface area (Å²) >= 11 is 0. The molecule has 0 spiro atoms. The van der Waals surface area contributed by atoms with Crippen molar-refractivity contribution < 1.29 is 4.79 Å². The molecule has 0 aliphatic heterocycles. The highest BCUT2D eigenvalue weighted by molar-refractivity contribution is 5.74. The van der Waals surface area contributed by atoms with Gasteiger partial charge in [-0.3, -0.25) is 0 Å². The Bertz CT molecular complexity index is 398. The van der Waals surface area contributed by atoms with Crippen LogP contribution in [0.25, 0.3) is 0 Å². The molecule has 2 amide bonds. The van der Waals surface area contributed by atoms with Gasteiger partial charge in [0.2, 0.25) is 0 Å². The van der Waals surface area contributed by atoms with Crippen molar-refractivity contribution in [3.05, 3.63) is 35.4 Å². The lowest BCUT2D eigenvalue weighted by Crippen LogP contribution is -2.41. The third-order valence-electron chi connectivity index (χ3n) is 3.44. The molecule has 3 heteroatoms. The molecule has 1 aromatic carbocycles. The first kappa shape index (κ1) is 15.5. The monoisotopic (exact) mass is 262 g/mol. The summed E-state index contributed by atoms with van der Waals surface area (Å²) in [4.78, 5) is 11.7. The molecule has 0 bridgehead atoms. The van der Waals surface area contributed by atoms with E-state index in [1.165, 1.54) is 5.56 Å². The quantitative estimate of drug-likeness (QED) is 0.828. The standard InChI is InChI=1S/C16H26N2O/c1-6-12(4)17-16(19)18-13(5)15-9-7-14(8-10-15)11(2)3/h7-13H,6H2,1-5H3,(H2,17,18,19)/t12-,13+/m1/s1. The van der Waals surface area contributed by atoms with E-state index in [4.69, 9.17) is 0 Å². The minimum absolute atomic E-state index is 0.0188. The first-order chi connectivity index (χ1) is 8.93. The van der Waals surface area contributed by atoms with Gasteiger partial charge in [0.05, 0.1) is 6.04 Å². The predicted octanol–water partition coefficient (Wildman–Crippen LogP) is 3.97. The van der Waals surface area contributed by atoms with Crippen LogP contribution in [0.3, 0.4) is 0 Å². The minimum atomic E-state index is -0.102. The molecule has 0 heterocycles. The fourth-order valence-corrected chi connectivity index (χ4v) is 1.82. The van der Waals surface area contributed by atoms with Gasteiger partial charge in [0.1, 0.15) is 0 Å². The molecule has 1 rings (SSSR count). The largest absolute Gasteiger partial charge is 0.336 e. The van der Waals surface area contributed by atoms with Gasteiger partial charge in [-0.15, -0.1) is 0 Å². The minimum Gasteiger partial charge on any atom is -0.336 e. The van der Waals surface area contributed by atoms with E-state index >= 15 is 0 Å². The first-order valence-electron chi connectivity index (χ1n) is 7.10. The van der Waals surface area contributed by atoms with E-state index in [1.54, 1.807) is 0 Å². The topological polar surface area (TPSA) is 41.1 Å². The summed E-state index contributed by atoms with van der Waals surface area (Å²) in [5.41, 5.74) is 2.45. The van der Waals surface area contributed by atoms with E-state index in [2.05, 4.69) is 55.7 Å². The zero-order valence-corrected chi connectivity index (χ0v) is 12.7. The van der Waals surface area contributed by atoms with Crippen molar-refractivity contribution in [3.63, 3.8) is 0 Å². The number of urea groups is 1. The van der Waals surface area contributed by atoms with Crippen LogP contribution < -0.4 is 10.6 Å². The van der Waals surface area contributed by atoms with Gasteiger partial charge in [-0.05, 0) is 37.3 Å². The Morgan fingerprint density at radius 3 is 2.00 bits per heavy atom. The molecular formula is C16H26N2O. The molecule has 0 saturated carbocycles. The Hall–Kier alpha value is -1.51. The average Bonchev–Trinajstić information content (AvgIpc) is 2.38. The molecular weight excluding hydrogens is 236 g/mol. The van der Waals surface area contributed by atoms with Crippen molar-refractivity contribution in [3.8, 4) is 0 Å². The van der Waals surface area contributed by atoms with Gasteiger partial charge >= 0.3 is 6.03 Å². The molecule has 0 aromatic heterocycles. The van der Waals surface area contributed by atoms with Gasteiger partial charge in [0.15, 0.2) is 0 Å². The Morgan fingerprint density at radius 2 is 1.53 bits per heavy atom. The lowest BCUT2D eigenvalue weighted by atomic mass is 10.00. The van der Waals surface area contributed by atoms with E-state index in [-0.39, 0.29) is 18.1 Å². The molecule has 106 valence electrons. The van der Waals surface area contributed by atoms with Crippen molar-refractivity contribution in [2.24, 2.45) is 0 Å². The van der Waals surface area contributed by atoms with Crippen LogP contribution in [0.2, 0.25) is 0 Å². The van der Waals surface area contributed by atoms with Crippen LogP contribution >= 0.6 is 0 Å². The summed E-state index contributed by atoms with van der Waals surface area (Å²) in [6.45, 7) is 10.4. The van der Waals surface area contributed by atoms with Crippen molar-refractivity contribution in [1.82, 2.24) is 10.6 Å². The molecule has 0 unspecified atom stereocenters. The number of rotatable bonds is 5. The fourth-order valence-electron chi connectivity index (χ4n) is 1.82. The Kier molecular flexibility index (Phi) is 5.87. The number of hydrogen-bond acceptors (Lipinski definition) is 1. The Balaban J connectivity index is 2.57. The third-order valence-corrected chi connectivity index (χ3v) is 3.44. The Labute approximate surface area is 116 Å². The van der Waals surface area contributed by atoms with Crippen LogP contribution in [0.1, 0.15) is 64.1 Å². The number of carbonyl (C=O) groups excluding carboxylic acids is 1. The summed E-state index contributed by atoms with van der Waals surface area (Å²) in [5, 5.41) is 5.87. The van der Waals surface area contributed by atoms with Crippen molar-refractivity contribution in [1.29, 1.82) is 0 Å². The number of hydrogen-bond donors (Lipinski definition) is 2. The molecule has 0 saturated heterocycles. The van der Waals surface area contributed by atoms with Gasteiger partial charge in [-0.1, -0.05) is 45.0 Å². The number of carbonyl (C=O) groups is 1. The van der Waals surface area contributed by atoms with Crippen LogP contribution in [-0.2, 0) is 0 Å². The van der Waals surface area contributed by atoms with Crippen LogP contribution in [-0.4, -0.2) is 12.1 Å². The van der Waals surface area contributed by atoms with E-state index in [0.717, 1.165) is 12.0 Å². The second kappa shape index (κ2) is 7.17. The highest BCUT2D eigenvalue weighted by Gasteiger charge is 2.11. The molecule has 2 atom stereocenters. The van der Waals surface area contributed by atoms with Crippen LogP contribution in [0.4, 0.5) is 4.79 Å². The second-order valence-corrected chi connectivity index (χ2v) is 5.47. The summed E-state index contributed by atoms with van der Waals surface area (Å²) in [7, 11) is 0. The molecule has 0 aliphatic rings. The molecule has 0 radical (unpaired) electrons. The van der Waals surface area contributed by atoms with E-state index in [1.807, 2.05) is 13.8 Å². The maximum absolute atomic E-state index is 11.7.